The smallest absolute Gasteiger partial charge is 0.251 e. The van der Waals surface area contributed by atoms with Crippen LogP contribution in [0.2, 0.25) is 0 Å². The molecule has 1 heterocycles. The van der Waals surface area contributed by atoms with Crippen molar-refractivity contribution in [3.8, 4) is 11.5 Å². The summed E-state index contributed by atoms with van der Waals surface area (Å²) in [7, 11) is 1.23. The number of rotatable bonds is 8. The molecule has 0 aromatic heterocycles. The molecule has 2 aromatic rings. The number of nitrogens with zero attached hydrogens (tertiary/aromatic N) is 2. The van der Waals surface area contributed by atoms with Gasteiger partial charge in [-0.05, 0) is 49.4 Å². The maximum absolute atomic E-state index is 13.2. The number of ether oxygens (including phenoxy) is 2. The molecule has 0 aliphatic carbocycles. The lowest BCUT2D eigenvalue weighted by molar-refractivity contribution is 0.0954. The lowest BCUT2D eigenvalue weighted by Crippen LogP contribution is -2.47. The number of hydrogen-bond acceptors (Lipinski definition) is 6. The lowest BCUT2D eigenvalue weighted by Gasteiger charge is -2.31. The molecule has 0 bridgehead atoms. The van der Waals surface area contributed by atoms with Crippen LogP contribution in [-0.2, 0) is 16.4 Å². The molecule has 1 saturated heterocycles. The number of carbonyl (C=O) groups is 1. The molecule has 1 aliphatic heterocycles. The van der Waals surface area contributed by atoms with Crippen molar-refractivity contribution in [1.82, 2.24) is 14.5 Å². The molecule has 0 unspecified atom stereocenters. The van der Waals surface area contributed by atoms with E-state index in [9.17, 15) is 13.2 Å². The zero-order valence-corrected chi connectivity index (χ0v) is 18.9. The van der Waals surface area contributed by atoms with Crippen LogP contribution in [0.4, 0.5) is 0 Å². The number of hydrogen-bond donors (Lipinski definition) is 1. The topological polar surface area (TPSA) is 88.2 Å². The van der Waals surface area contributed by atoms with Gasteiger partial charge in [0.25, 0.3) is 5.91 Å². The van der Waals surface area contributed by atoms with Gasteiger partial charge in [0, 0.05) is 38.3 Å². The second-order valence-corrected chi connectivity index (χ2v) is 9.33. The number of likely N-dealkylation sites (N-methyl/N-ethyl adjacent to an activating group) is 1. The molecule has 0 saturated carbocycles. The minimum atomic E-state index is -3.76. The fourth-order valence-corrected chi connectivity index (χ4v) is 5.01. The Morgan fingerprint density at radius 1 is 1.00 bits per heavy atom. The van der Waals surface area contributed by atoms with Crippen molar-refractivity contribution in [3.63, 3.8) is 0 Å². The normalized spacial score (nSPS) is 15.5. The number of carbonyl (C=O) groups excluding carboxylic acids is 1. The summed E-state index contributed by atoms with van der Waals surface area (Å²) >= 11 is 0. The van der Waals surface area contributed by atoms with Crippen molar-refractivity contribution in [2.45, 2.75) is 11.3 Å². The summed E-state index contributed by atoms with van der Waals surface area (Å²) in [6.45, 7) is 2.55. The molecule has 1 fully saturated rings. The first-order valence-electron chi connectivity index (χ1n) is 10.1. The highest BCUT2D eigenvalue weighted by Gasteiger charge is 2.30. The molecule has 3 rings (SSSR count). The van der Waals surface area contributed by atoms with E-state index in [0.29, 0.717) is 39.1 Å². The van der Waals surface area contributed by atoms with E-state index in [-0.39, 0.29) is 22.1 Å². The van der Waals surface area contributed by atoms with Gasteiger partial charge in [0.05, 0.1) is 14.2 Å². The average Bonchev–Trinajstić information content (AvgIpc) is 2.79. The van der Waals surface area contributed by atoms with Crippen LogP contribution in [0.25, 0.3) is 0 Å². The second-order valence-electron chi connectivity index (χ2n) is 7.43. The van der Waals surface area contributed by atoms with Crippen LogP contribution in [0.1, 0.15) is 15.9 Å². The maximum atomic E-state index is 13.2. The fraction of sp³-hybridized carbons (Fsp3) is 0.409. The Balaban J connectivity index is 1.70. The van der Waals surface area contributed by atoms with Crippen LogP contribution in [0.3, 0.4) is 0 Å². The first kappa shape index (κ1) is 23.1. The van der Waals surface area contributed by atoms with Gasteiger partial charge in [0.15, 0.2) is 0 Å². The van der Waals surface area contributed by atoms with Gasteiger partial charge in [0.2, 0.25) is 10.0 Å². The quantitative estimate of drug-likeness (QED) is 0.662. The highest BCUT2D eigenvalue weighted by atomic mass is 32.2. The summed E-state index contributed by atoms with van der Waals surface area (Å²) in [4.78, 5) is 14.7. The van der Waals surface area contributed by atoms with Crippen molar-refractivity contribution in [3.05, 3.63) is 53.6 Å². The van der Waals surface area contributed by atoms with Crippen molar-refractivity contribution < 1.29 is 22.7 Å². The number of nitrogens with one attached hydrogen (secondary N) is 1. The van der Waals surface area contributed by atoms with Crippen LogP contribution < -0.4 is 14.8 Å². The third-order valence-electron chi connectivity index (χ3n) is 5.36. The van der Waals surface area contributed by atoms with Crippen LogP contribution in [0.5, 0.6) is 11.5 Å². The molecule has 2 aromatic carbocycles. The number of benzene rings is 2. The number of piperazine rings is 1. The van der Waals surface area contributed by atoms with Crippen molar-refractivity contribution in [2.24, 2.45) is 0 Å². The minimum absolute atomic E-state index is 0.0161. The molecule has 1 amide bonds. The Labute approximate surface area is 183 Å². The van der Waals surface area contributed by atoms with Crippen LogP contribution in [0, 0.1) is 0 Å². The number of sulfonamides is 1. The summed E-state index contributed by atoms with van der Waals surface area (Å²) in [5.74, 6) is 0.680. The first-order valence-corrected chi connectivity index (χ1v) is 11.6. The van der Waals surface area contributed by atoms with Gasteiger partial charge >= 0.3 is 0 Å². The Morgan fingerprint density at radius 3 is 2.29 bits per heavy atom. The maximum Gasteiger partial charge on any atom is 0.251 e. The van der Waals surface area contributed by atoms with Crippen molar-refractivity contribution in [1.29, 1.82) is 0 Å². The molecule has 9 heteroatoms. The third-order valence-corrected chi connectivity index (χ3v) is 7.28. The molecule has 31 heavy (non-hydrogen) atoms. The highest BCUT2D eigenvalue weighted by Crippen LogP contribution is 2.28. The summed E-state index contributed by atoms with van der Waals surface area (Å²) < 4.78 is 38.2. The molecule has 0 atom stereocenters. The molecular formula is C22H29N3O5S. The molecule has 0 spiro atoms. The SMILES string of the molecule is COc1ccc(CCNC(=O)c2ccc(OC)c(S(=O)(=O)N3CCN(C)CC3)c2)cc1. The standard InChI is InChI=1S/C22H29N3O5S/c1-24-12-14-25(15-13-24)31(27,28)21-16-18(6-9-20(21)30-3)22(26)23-11-10-17-4-7-19(29-2)8-5-17/h4-9,16H,10-15H2,1-3H3,(H,23,26). The Hall–Kier alpha value is -2.62. The predicted molar refractivity (Wildman–Crippen MR) is 118 cm³/mol. The molecule has 1 N–H and O–H groups in total. The summed E-state index contributed by atoms with van der Waals surface area (Å²) in [5, 5.41) is 2.85. The molecule has 0 radical (unpaired) electrons. The van der Waals surface area contributed by atoms with E-state index >= 15 is 0 Å². The Bertz CT molecular complexity index is 1000. The van der Waals surface area contributed by atoms with E-state index in [2.05, 4.69) is 10.2 Å². The fourth-order valence-electron chi connectivity index (χ4n) is 3.40. The van der Waals surface area contributed by atoms with Gasteiger partial charge in [-0.2, -0.15) is 4.31 Å². The van der Waals surface area contributed by atoms with Gasteiger partial charge in [-0.15, -0.1) is 0 Å². The van der Waals surface area contributed by atoms with Crippen LogP contribution in [-0.4, -0.2) is 77.5 Å². The van der Waals surface area contributed by atoms with E-state index in [1.54, 1.807) is 13.2 Å². The Morgan fingerprint density at radius 2 is 1.68 bits per heavy atom. The van der Waals surface area contributed by atoms with E-state index in [4.69, 9.17) is 9.47 Å². The number of amides is 1. The van der Waals surface area contributed by atoms with Crippen LogP contribution >= 0.6 is 0 Å². The molecule has 1 aliphatic rings. The average molecular weight is 448 g/mol. The Kier molecular flexibility index (Phi) is 7.53. The summed E-state index contributed by atoms with van der Waals surface area (Å²) in [5.41, 5.74) is 1.34. The van der Waals surface area contributed by atoms with Gasteiger partial charge in [0.1, 0.15) is 16.4 Å². The van der Waals surface area contributed by atoms with Crippen molar-refractivity contribution in [2.75, 3.05) is 54.0 Å². The van der Waals surface area contributed by atoms with E-state index in [1.165, 1.54) is 23.5 Å². The zero-order valence-electron chi connectivity index (χ0n) is 18.1. The highest BCUT2D eigenvalue weighted by molar-refractivity contribution is 7.89. The first-order chi connectivity index (χ1) is 14.8. The molecular weight excluding hydrogens is 418 g/mol. The van der Waals surface area contributed by atoms with Gasteiger partial charge in [-0.3, -0.25) is 4.79 Å². The van der Waals surface area contributed by atoms with E-state index in [1.807, 2.05) is 31.3 Å². The zero-order chi connectivity index (χ0) is 22.4. The minimum Gasteiger partial charge on any atom is -0.497 e. The lowest BCUT2D eigenvalue weighted by atomic mass is 10.1. The number of methoxy groups -OCH3 is 2. The van der Waals surface area contributed by atoms with Gasteiger partial charge in [-0.1, -0.05) is 12.1 Å². The summed E-state index contributed by atoms with van der Waals surface area (Å²) in [6.07, 6.45) is 0.651. The largest absolute Gasteiger partial charge is 0.497 e. The van der Waals surface area contributed by atoms with E-state index in [0.717, 1.165) is 11.3 Å². The van der Waals surface area contributed by atoms with Crippen LogP contribution in [0.15, 0.2) is 47.4 Å². The summed E-state index contributed by atoms with van der Waals surface area (Å²) in [6, 6.07) is 12.1. The van der Waals surface area contributed by atoms with E-state index < -0.39 is 10.0 Å². The molecule has 8 nitrogen and oxygen atoms in total. The molecule has 168 valence electrons. The van der Waals surface area contributed by atoms with Gasteiger partial charge < -0.3 is 19.7 Å². The van der Waals surface area contributed by atoms with Gasteiger partial charge in [-0.25, -0.2) is 8.42 Å². The predicted octanol–water partition coefficient (Wildman–Crippen LogP) is 1.61. The third kappa shape index (κ3) is 5.55. The van der Waals surface area contributed by atoms with Crippen molar-refractivity contribution >= 4 is 15.9 Å². The monoisotopic (exact) mass is 447 g/mol. The second kappa shape index (κ2) is 10.1.